The summed E-state index contributed by atoms with van der Waals surface area (Å²) < 4.78 is 18.2. The average molecular weight is 586 g/mol. The summed E-state index contributed by atoms with van der Waals surface area (Å²) >= 11 is 4.87. The number of amidine groups is 2. The SMILES string of the molecule is CCC1=NN2C(=N)C(=Cc3cc(Br)c(OCCOc4cc(C)ccc4C(C)C)c(OC)c3)C(=O)N=C2S1. The number of aliphatic imine (C=N–C) groups is 1. The number of carbonyl (C=O) groups excluding carboxylic acids is 1. The molecule has 0 atom stereocenters. The molecule has 0 bridgehead atoms. The zero-order valence-corrected chi connectivity index (χ0v) is 23.8. The molecule has 1 N–H and O–H groups in total. The first kappa shape index (κ1) is 26.9. The molecule has 0 aromatic heterocycles. The molecule has 194 valence electrons. The van der Waals surface area contributed by atoms with Gasteiger partial charge in [0.25, 0.3) is 5.91 Å². The fraction of sp³-hybridized carbons (Fsp3) is 0.333. The molecule has 0 unspecified atom stereocenters. The monoisotopic (exact) mass is 584 g/mol. The van der Waals surface area contributed by atoms with Gasteiger partial charge in [0.05, 0.1) is 17.2 Å². The fourth-order valence-electron chi connectivity index (χ4n) is 3.84. The Bertz CT molecular complexity index is 1340. The summed E-state index contributed by atoms with van der Waals surface area (Å²) in [5.74, 6) is 1.76. The van der Waals surface area contributed by atoms with Gasteiger partial charge < -0.3 is 14.2 Å². The Hall–Kier alpha value is -3.11. The number of nitrogens with one attached hydrogen (secondary N) is 1. The Balaban J connectivity index is 1.49. The number of halogens is 1. The molecular weight excluding hydrogens is 556 g/mol. The normalized spacial score (nSPS) is 16.2. The third kappa shape index (κ3) is 5.91. The van der Waals surface area contributed by atoms with Gasteiger partial charge in [0.2, 0.25) is 5.17 Å². The second-order valence-corrected chi connectivity index (χ2v) is 10.7. The number of hydrogen-bond acceptors (Lipinski definition) is 7. The van der Waals surface area contributed by atoms with Crippen LogP contribution in [0.2, 0.25) is 0 Å². The highest BCUT2D eigenvalue weighted by Gasteiger charge is 2.35. The predicted molar refractivity (Wildman–Crippen MR) is 152 cm³/mol. The standard InChI is InChI=1S/C27H29BrN4O4S/c1-6-23-31-32-25(29)19(26(33)30-27(32)37-23)12-17-13-20(28)24(22(14-17)34-5)36-10-9-35-21-11-16(4)7-8-18(21)15(2)3/h7-8,11-15,29H,6,9-10H2,1-5H3. The average Bonchev–Trinajstić information content (AvgIpc) is 3.28. The molecule has 0 radical (unpaired) electrons. The lowest BCUT2D eigenvalue weighted by atomic mass is 10.0. The summed E-state index contributed by atoms with van der Waals surface area (Å²) in [5.41, 5.74) is 3.11. The summed E-state index contributed by atoms with van der Waals surface area (Å²) in [5, 5.41) is 15.5. The molecule has 4 rings (SSSR count). The maximum atomic E-state index is 12.7. The predicted octanol–water partition coefficient (Wildman–Crippen LogP) is 6.38. The van der Waals surface area contributed by atoms with Crippen molar-refractivity contribution in [3.05, 3.63) is 57.1 Å². The lowest BCUT2D eigenvalue weighted by molar-refractivity contribution is -0.114. The van der Waals surface area contributed by atoms with Crippen LogP contribution in [0.25, 0.3) is 6.08 Å². The highest BCUT2D eigenvalue weighted by Crippen LogP contribution is 2.38. The minimum Gasteiger partial charge on any atom is -0.493 e. The van der Waals surface area contributed by atoms with Crippen molar-refractivity contribution in [3.8, 4) is 17.2 Å². The largest absolute Gasteiger partial charge is 0.493 e. The molecule has 10 heteroatoms. The molecule has 0 spiro atoms. The second-order valence-electron chi connectivity index (χ2n) is 8.79. The number of rotatable bonds is 9. The van der Waals surface area contributed by atoms with Gasteiger partial charge in [0, 0.05) is 0 Å². The Morgan fingerprint density at radius 1 is 1.16 bits per heavy atom. The number of carbonyl (C=O) groups is 1. The van der Waals surface area contributed by atoms with E-state index in [1.165, 1.54) is 16.8 Å². The van der Waals surface area contributed by atoms with E-state index in [1.54, 1.807) is 19.3 Å². The van der Waals surface area contributed by atoms with Crippen molar-refractivity contribution < 1.29 is 19.0 Å². The van der Waals surface area contributed by atoms with Crippen LogP contribution in [0.5, 0.6) is 17.2 Å². The smallest absolute Gasteiger partial charge is 0.283 e. The third-order valence-corrected chi connectivity index (χ3v) is 7.38. The molecule has 2 aromatic rings. The summed E-state index contributed by atoms with van der Waals surface area (Å²) in [4.78, 5) is 16.8. The van der Waals surface area contributed by atoms with Crippen LogP contribution in [0.3, 0.4) is 0 Å². The van der Waals surface area contributed by atoms with Crippen LogP contribution in [-0.4, -0.2) is 47.3 Å². The van der Waals surface area contributed by atoms with Crippen LogP contribution >= 0.6 is 27.7 Å². The van der Waals surface area contributed by atoms with Gasteiger partial charge in [-0.1, -0.05) is 32.9 Å². The van der Waals surface area contributed by atoms with Gasteiger partial charge in [-0.2, -0.15) is 15.1 Å². The lowest BCUT2D eigenvalue weighted by Gasteiger charge is -2.20. The van der Waals surface area contributed by atoms with Crippen molar-refractivity contribution in [1.29, 1.82) is 5.41 Å². The zero-order valence-electron chi connectivity index (χ0n) is 21.4. The number of methoxy groups -OCH3 is 1. The van der Waals surface area contributed by atoms with Crippen molar-refractivity contribution in [3.63, 3.8) is 0 Å². The number of amides is 1. The van der Waals surface area contributed by atoms with E-state index in [0.29, 0.717) is 52.3 Å². The summed E-state index contributed by atoms with van der Waals surface area (Å²) in [7, 11) is 1.55. The van der Waals surface area contributed by atoms with Crippen LogP contribution < -0.4 is 14.2 Å². The second kappa shape index (κ2) is 11.5. The van der Waals surface area contributed by atoms with Gasteiger partial charge in [0.15, 0.2) is 17.3 Å². The van der Waals surface area contributed by atoms with Crippen molar-refractivity contribution in [2.45, 2.75) is 40.0 Å². The van der Waals surface area contributed by atoms with Crippen LogP contribution in [0.4, 0.5) is 0 Å². The highest BCUT2D eigenvalue weighted by molar-refractivity contribution is 9.10. The topological polar surface area (TPSA) is 96.6 Å². The minimum absolute atomic E-state index is 0.00423. The first-order chi connectivity index (χ1) is 17.7. The first-order valence-electron chi connectivity index (χ1n) is 11.9. The summed E-state index contributed by atoms with van der Waals surface area (Å²) in [6.07, 6.45) is 2.32. The number of hydrazone groups is 1. The quantitative estimate of drug-likeness (QED) is 0.271. The Labute approximate surface area is 229 Å². The van der Waals surface area contributed by atoms with Gasteiger partial charge >= 0.3 is 0 Å². The minimum atomic E-state index is -0.471. The van der Waals surface area contributed by atoms with Crippen LogP contribution in [0.15, 0.2) is 50.5 Å². The van der Waals surface area contributed by atoms with E-state index in [1.807, 2.05) is 26.0 Å². The number of fused-ring (bicyclic) bond motifs is 1. The van der Waals surface area contributed by atoms with Crippen molar-refractivity contribution in [2.75, 3.05) is 20.3 Å². The molecule has 8 nitrogen and oxygen atoms in total. The van der Waals surface area contributed by atoms with E-state index in [2.05, 4.69) is 52.0 Å². The molecule has 1 amide bonds. The lowest BCUT2D eigenvalue weighted by Crippen LogP contribution is -2.35. The van der Waals surface area contributed by atoms with Crippen molar-refractivity contribution >= 4 is 55.7 Å². The molecule has 0 saturated carbocycles. The van der Waals surface area contributed by atoms with Crippen molar-refractivity contribution in [1.82, 2.24) is 5.01 Å². The van der Waals surface area contributed by atoms with E-state index >= 15 is 0 Å². The van der Waals surface area contributed by atoms with Crippen LogP contribution in [-0.2, 0) is 4.79 Å². The summed E-state index contributed by atoms with van der Waals surface area (Å²) in [6, 6.07) is 9.79. The van der Waals surface area contributed by atoms with E-state index in [4.69, 9.17) is 19.6 Å². The molecule has 0 saturated heterocycles. The van der Waals surface area contributed by atoms with Gasteiger partial charge in [-0.15, -0.1) is 0 Å². The molecule has 2 aliphatic rings. The molecule has 2 heterocycles. The number of aryl methyl sites for hydroxylation is 1. The molecule has 37 heavy (non-hydrogen) atoms. The Morgan fingerprint density at radius 3 is 2.62 bits per heavy atom. The Kier molecular flexibility index (Phi) is 8.39. The maximum absolute atomic E-state index is 12.7. The molecule has 2 aliphatic heterocycles. The molecule has 0 fully saturated rings. The molecule has 0 aliphatic carbocycles. The van der Waals surface area contributed by atoms with E-state index in [-0.39, 0.29) is 11.4 Å². The number of nitrogens with zero attached hydrogens (tertiary/aromatic N) is 3. The van der Waals surface area contributed by atoms with E-state index in [9.17, 15) is 4.79 Å². The third-order valence-electron chi connectivity index (χ3n) is 5.74. The van der Waals surface area contributed by atoms with Crippen LogP contribution in [0.1, 0.15) is 49.8 Å². The van der Waals surface area contributed by atoms with Gasteiger partial charge in [-0.25, -0.2) is 0 Å². The molecule has 2 aromatic carbocycles. The Morgan fingerprint density at radius 2 is 1.92 bits per heavy atom. The summed E-state index contributed by atoms with van der Waals surface area (Å²) in [6.45, 7) is 8.97. The van der Waals surface area contributed by atoms with Crippen molar-refractivity contribution in [2.24, 2.45) is 10.1 Å². The maximum Gasteiger partial charge on any atom is 0.283 e. The number of ether oxygens (including phenoxy) is 3. The van der Waals surface area contributed by atoms with Gasteiger partial charge in [-0.3, -0.25) is 10.2 Å². The number of benzene rings is 2. The highest BCUT2D eigenvalue weighted by atomic mass is 79.9. The fourth-order valence-corrected chi connectivity index (χ4v) is 5.24. The van der Waals surface area contributed by atoms with Gasteiger partial charge in [0.1, 0.15) is 24.0 Å². The zero-order chi connectivity index (χ0) is 26.7. The molecular formula is C27H29BrN4O4S. The van der Waals surface area contributed by atoms with Gasteiger partial charge in [-0.05, 0) is 87.9 Å². The number of thioether (sulfide) groups is 1. The number of hydrogen-bond donors (Lipinski definition) is 1. The first-order valence-corrected chi connectivity index (χ1v) is 13.6. The van der Waals surface area contributed by atoms with E-state index in [0.717, 1.165) is 21.9 Å². The van der Waals surface area contributed by atoms with Crippen LogP contribution in [0, 0.1) is 12.3 Å². The van der Waals surface area contributed by atoms with E-state index < -0.39 is 5.91 Å².